The number of ether oxygens (including phenoxy) is 1. The molecule has 2 aromatic carbocycles. The third kappa shape index (κ3) is 3.69. The van der Waals surface area contributed by atoms with Crippen molar-refractivity contribution in [2.45, 2.75) is 6.10 Å². The van der Waals surface area contributed by atoms with E-state index in [0.717, 1.165) is 18.2 Å². The van der Waals surface area contributed by atoms with Crippen molar-refractivity contribution in [3.8, 4) is 0 Å². The molecule has 0 spiro atoms. The number of nitrogens with one attached hydrogen (secondary N) is 2. The number of hydrogen-bond acceptors (Lipinski definition) is 3. The molecule has 0 unspecified atom stereocenters. The molecule has 1 amide bonds. The van der Waals surface area contributed by atoms with Crippen LogP contribution in [-0.2, 0) is 4.74 Å². The van der Waals surface area contributed by atoms with E-state index in [1.165, 1.54) is 12.1 Å². The van der Waals surface area contributed by atoms with Gasteiger partial charge in [-0.15, -0.1) is 0 Å². The summed E-state index contributed by atoms with van der Waals surface area (Å²) in [5.74, 6) is -1.17. The van der Waals surface area contributed by atoms with Gasteiger partial charge >= 0.3 is 0 Å². The van der Waals surface area contributed by atoms with Crippen LogP contribution < -0.4 is 10.6 Å². The van der Waals surface area contributed by atoms with Gasteiger partial charge in [0.25, 0.3) is 5.91 Å². The average molecular weight is 335 g/mol. The smallest absolute Gasteiger partial charge is 0.258 e. The van der Waals surface area contributed by atoms with Crippen LogP contribution in [0.3, 0.4) is 0 Å². The molecule has 0 bridgehead atoms. The highest BCUT2D eigenvalue weighted by molar-refractivity contribution is 6.30. The summed E-state index contributed by atoms with van der Waals surface area (Å²) in [6, 6.07) is 11.3. The van der Waals surface area contributed by atoms with E-state index < -0.39 is 11.7 Å². The number of rotatable bonds is 3. The Labute approximate surface area is 138 Å². The van der Waals surface area contributed by atoms with Gasteiger partial charge in [-0.05, 0) is 24.3 Å². The molecule has 3 rings (SSSR count). The van der Waals surface area contributed by atoms with Crippen molar-refractivity contribution in [1.82, 2.24) is 5.32 Å². The molecule has 1 aliphatic heterocycles. The molecular formula is C17H16ClFN2O2. The summed E-state index contributed by atoms with van der Waals surface area (Å²) < 4.78 is 19.6. The number of amides is 1. The highest BCUT2D eigenvalue weighted by Gasteiger charge is 2.20. The average Bonchev–Trinajstić information content (AvgIpc) is 2.56. The fourth-order valence-electron chi connectivity index (χ4n) is 2.52. The predicted octanol–water partition coefficient (Wildman–Crippen LogP) is 3.39. The second-order valence-electron chi connectivity index (χ2n) is 5.23. The number of carbonyl (C=O) groups is 1. The van der Waals surface area contributed by atoms with E-state index in [1.807, 2.05) is 18.2 Å². The summed E-state index contributed by atoms with van der Waals surface area (Å²) in [6.45, 7) is 2.09. The number of halogens is 2. The third-order valence-corrected chi connectivity index (χ3v) is 3.89. The van der Waals surface area contributed by atoms with Gasteiger partial charge in [-0.2, -0.15) is 0 Å². The van der Waals surface area contributed by atoms with Gasteiger partial charge in [0.15, 0.2) is 0 Å². The molecule has 0 aromatic heterocycles. The second-order valence-corrected chi connectivity index (χ2v) is 5.67. The summed E-state index contributed by atoms with van der Waals surface area (Å²) in [6.07, 6.45) is -0.143. The molecule has 0 radical (unpaired) electrons. The van der Waals surface area contributed by atoms with Crippen molar-refractivity contribution in [2.75, 3.05) is 25.0 Å². The van der Waals surface area contributed by atoms with Crippen LogP contribution in [0.25, 0.3) is 0 Å². The fourth-order valence-corrected chi connectivity index (χ4v) is 2.68. The lowest BCUT2D eigenvalue weighted by atomic mass is 10.1. The molecule has 1 saturated heterocycles. The monoisotopic (exact) mass is 334 g/mol. The maximum Gasteiger partial charge on any atom is 0.258 e. The van der Waals surface area contributed by atoms with Gasteiger partial charge in [-0.1, -0.05) is 29.8 Å². The Hall–Kier alpha value is -1.95. The third-order valence-electron chi connectivity index (χ3n) is 3.66. The molecule has 0 aliphatic carbocycles. The lowest BCUT2D eigenvalue weighted by Gasteiger charge is -2.25. The second kappa shape index (κ2) is 7.08. The molecule has 4 nitrogen and oxygen atoms in total. The van der Waals surface area contributed by atoms with Crippen LogP contribution in [0.2, 0.25) is 5.02 Å². The van der Waals surface area contributed by atoms with E-state index in [9.17, 15) is 9.18 Å². The van der Waals surface area contributed by atoms with Crippen LogP contribution in [0, 0.1) is 5.82 Å². The van der Waals surface area contributed by atoms with Crippen LogP contribution in [0.15, 0.2) is 42.5 Å². The number of hydrogen-bond donors (Lipinski definition) is 2. The first-order chi connectivity index (χ1) is 11.1. The van der Waals surface area contributed by atoms with E-state index in [2.05, 4.69) is 10.6 Å². The first-order valence-electron chi connectivity index (χ1n) is 7.33. The predicted molar refractivity (Wildman–Crippen MR) is 87.4 cm³/mol. The summed E-state index contributed by atoms with van der Waals surface area (Å²) in [5, 5.41) is 6.25. The first kappa shape index (κ1) is 15.9. The van der Waals surface area contributed by atoms with Gasteiger partial charge in [-0.3, -0.25) is 4.79 Å². The van der Waals surface area contributed by atoms with Crippen LogP contribution in [-0.4, -0.2) is 25.6 Å². The number of morpholine rings is 1. The molecular weight excluding hydrogens is 319 g/mol. The number of carbonyl (C=O) groups excluding carboxylic acids is 1. The molecule has 6 heteroatoms. The van der Waals surface area contributed by atoms with Gasteiger partial charge < -0.3 is 15.4 Å². The van der Waals surface area contributed by atoms with Crippen molar-refractivity contribution in [1.29, 1.82) is 0 Å². The van der Waals surface area contributed by atoms with Crippen LogP contribution in [0.1, 0.15) is 22.0 Å². The quantitative estimate of drug-likeness (QED) is 0.904. The largest absolute Gasteiger partial charge is 0.371 e. The highest BCUT2D eigenvalue weighted by Crippen LogP contribution is 2.27. The van der Waals surface area contributed by atoms with Crippen LogP contribution in [0.4, 0.5) is 10.1 Å². The minimum atomic E-state index is -0.650. The van der Waals surface area contributed by atoms with E-state index in [4.69, 9.17) is 16.3 Å². The molecule has 1 fully saturated rings. The minimum Gasteiger partial charge on any atom is -0.371 e. The zero-order chi connectivity index (χ0) is 16.2. The van der Waals surface area contributed by atoms with Gasteiger partial charge in [-0.25, -0.2) is 4.39 Å². The summed E-state index contributed by atoms with van der Waals surface area (Å²) in [5.41, 5.74) is 1.43. The summed E-state index contributed by atoms with van der Waals surface area (Å²) >= 11 is 5.71. The lowest BCUT2D eigenvalue weighted by Crippen LogP contribution is -2.33. The zero-order valence-corrected chi connectivity index (χ0v) is 13.1. The highest BCUT2D eigenvalue weighted by atomic mass is 35.5. The van der Waals surface area contributed by atoms with Gasteiger partial charge in [0.05, 0.1) is 18.3 Å². The van der Waals surface area contributed by atoms with Crippen molar-refractivity contribution in [3.63, 3.8) is 0 Å². The zero-order valence-electron chi connectivity index (χ0n) is 12.3. The SMILES string of the molecule is O=C(Nc1ccccc1[C@@H]1CNCCO1)c1ccc(Cl)cc1F. The Morgan fingerprint density at radius 3 is 2.87 bits per heavy atom. The van der Waals surface area contributed by atoms with Gasteiger partial charge in [0.2, 0.25) is 0 Å². The van der Waals surface area contributed by atoms with Crippen molar-refractivity contribution < 1.29 is 13.9 Å². The Balaban J connectivity index is 1.83. The minimum absolute atomic E-state index is 0.0492. The fraction of sp³-hybridized carbons (Fsp3) is 0.235. The number of benzene rings is 2. The molecule has 1 atom stereocenters. The molecule has 2 N–H and O–H groups in total. The van der Waals surface area contributed by atoms with Crippen LogP contribution in [0.5, 0.6) is 0 Å². The normalized spacial score (nSPS) is 17.7. The Morgan fingerprint density at radius 2 is 2.13 bits per heavy atom. The number of anilines is 1. The standard InChI is InChI=1S/C17H16ClFN2O2/c18-11-5-6-12(14(19)9-11)17(22)21-15-4-2-1-3-13(15)16-10-20-7-8-23-16/h1-6,9,16,20H,7-8,10H2,(H,21,22)/t16-/m0/s1. The summed E-state index contributed by atoms with van der Waals surface area (Å²) in [7, 11) is 0. The van der Waals surface area contributed by atoms with Gasteiger partial charge in [0, 0.05) is 29.4 Å². The van der Waals surface area contributed by atoms with E-state index in [1.54, 1.807) is 6.07 Å². The molecule has 0 saturated carbocycles. The Morgan fingerprint density at radius 1 is 1.30 bits per heavy atom. The van der Waals surface area contributed by atoms with Crippen molar-refractivity contribution in [3.05, 3.63) is 64.4 Å². The first-order valence-corrected chi connectivity index (χ1v) is 7.70. The molecule has 1 heterocycles. The Kier molecular flexibility index (Phi) is 4.91. The van der Waals surface area contributed by atoms with E-state index in [-0.39, 0.29) is 16.7 Å². The molecule has 120 valence electrons. The molecule has 1 aliphatic rings. The van der Waals surface area contributed by atoms with E-state index in [0.29, 0.717) is 18.8 Å². The van der Waals surface area contributed by atoms with Crippen molar-refractivity contribution in [2.24, 2.45) is 0 Å². The summed E-state index contributed by atoms with van der Waals surface area (Å²) in [4.78, 5) is 12.3. The number of para-hydroxylation sites is 1. The van der Waals surface area contributed by atoms with E-state index >= 15 is 0 Å². The van der Waals surface area contributed by atoms with Crippen molar-refractivity contribution >= 4 is 23.2 Å². The van der Waals surface area contributed by atoms with Gasteiger partial charge in [0.1, 0.15) is 5.82 Å². The maximum atomic E-state index is 13.9. The lowest BCUT2D eigenvalue weighted by molar-refractivity contribution is 0.0281. The molecule has 23 heavy (non-hydrogen) atoms. The topological polar surface area (TPSA) is 50.4 Å². The maximum absolute atomic E-state index is 13.9. The van der Waals surface area contributed by atoms with Crippen LogP contribution >= 0.6 is 11.6 Å². The molecule has 2 aromatic rings. The Bertz CT molecular complexity index is 717.